The number of hydrogen-bond acceptors (Lipinski definition) is 6. The van der Waals surface area contributed by atoms with Crippen LogP contribution in [-0.4, -0.2) is 39.6 Å². The van der Waals surface area contributed by atoms with Crippen LogP contribution in [0.25, 0.3) is 0 Å². The lowest BCUT2D eigenvalue weighted by molar-refractivity contribution is -0.123. The van der Waals surface area contributed by atoms with Gasteiger partial charge >= 0.3 is 6.61 Å². The molecule has 1 N–H and O–H groups in total. The molecule has 0 spiro atoms. The van der Waals surface area contributed by atoms with E-state index < -0.39 is 12.5 Å². The van der Waals surface area contributed by atoms with Crippen molar-refractivity contribution in [2.24, 2.45) is 5.10 Å². The normalized spacial score (nSPS) is 10.7. The van der Waals surface area contributed by atoms with Gasteiger partial charge < -0.3 is 18.9 Å². The summed E-state index contributed by atoms with van der Waals surface area (Å²) in [6.45, 7) is -3.18. The van der Waals surface area contributed by atoms with Gasteiger partial charge in [-0.3, -0.25) is 4.79 Å². The van der Waals surface area contributed by atoms with Crippen LogP contribution in [0.1, 0.15) is 5.56 Å². The second-order valence-corrected chi connectivity index (χ2v) is 5.05. The fourth-order valence-corrected chi connectivity index (χ4v) is 1.99. The van der Waals surface area contributed by atoms with E-state index in [1.165, 1.54) is 31.5 Å². The number of methoxy groups -OCH3 is 2. The van der Waals surface area contributed by atoms with Crippen molar-refractivity contribution in [1.29, 1.82) is 0 Å². The highest BCUT2D eigenvalue weighted by Crippen LogP contribution is 2.28. The molecule has 144 valence electrons. The third-order valence-corrected chi connectivity index (χ3v) is 3.24. The lowest BCUT2D eigenvalue weighted by Crippen LogP contribution is -2.24. The molecule has 7 nitrogen and oxygen atoms in total. The number of alkyl halides is 2. The molecule has 0 saturated heterocycles. The van der Waals surface area contributed by atoms with E-state index in [-0.39, 0.29) is 18.1 Å². The minimum Gasteiger partial charge on any atom is -0.497 e. The Morgan fingerprint density at radius 2 is 1.78 bits per heavy atom. The number of rotatable bonds is 9. The Balaban J connectivity index is 1.85. The second kappa shape index (κ2) is 9.95. The van der Waals surface area contributed by atoms with Gasteiger partial charge in [-0.2, -0.15) is 13.9 Å². The molecule has 0 aliphatic carbocycles. The number of nitrogens with zero attached hydrogens (tertiary/aromatic N) is 1. The quantitative estimate of drug-likeness (QED) is 0.535. The first-order valence-corrected chi connectivity index (χ1v) is 7.73. The number of hydrazone groups is 1. The van der Waals surface area contributed by atoms with Crippen molar-refractivity contribution in [3.63, 3.8) is 0 Å². The minimum atomic E-state index is -2.96. The zero-order valence-corrected chi connectivity index (χ0v) is 14.6. The van der Waals surface area contributed by atoms with Crippen LogP contribution >= 0.6 is 0 Å². The lowest BCUT2D eigenvalue weighted by Gasteiger charge is -2.10. The maximum atomic E-state index is 12.3. The first kappa shape index (κ1) is 20.0. The summed E-state index contributed by atoms with van der Waals surface area (Å²) >= 11 is 0. The van der Waals surface area contributed by atoms with Gasteiger partial charge in [-0.1, -0.05) is 0 Å². The van der Waals surface area contributed by atoms with E-state index in [4.69, 9.17) is 14.2 Å². The van der Waals surface area contributed by atoms with Crippen molar-refractivity contribution in [3.8, 4) is 23.0 Å². The van der Waals surface area contributed by atoms with E-state index >= 15 is 0 Å². The maximum Gasteiger partial charge on any atom is 0.387 e. The largest absolute Gasteiger partial charge is 0.497 e. The molecule has 0 fully saturated rings. The molecule has 2 rings (SSSR count). The molecule has 0 atom stereocenters. The highest BCUT2D eigenvalue weighted by molar-refractivity contribution is 5.83. The van der Waals surface area contributed by atoms with E-state index in [0.29, 0.717) is 17.1 Å². The van der Waals surface area contributed by atoms with Crippen molar-refractivity contribution in [1.82, 2.24) is 5.43 Å². The van der Waals surface area contributed by atoms with E-state index in [1.807, 2.05) is 0 Å². The SMILES string of the molecule is COc1ccc(OCC(=O)N/N=C\c2ccc(OC(F)F)c(OC)c2)cc1. The zero-order chi connectivity index (χ0) is 19.6. The first-order chi connectivity index (χ1) is 13.0. The third-order valence-electron chi connectivity index (χ3n) is 3.24. The summed E-state index contributed by atoms with van der Waals surface area (Å²) in [4.78, 5) is 11.7. The fourth-order valence-electron chi connectivity index (χ4n) is 1.99. The number of halogens is 2. The smallest absolute Gasteiger partial charge is 0.387 e. The predicted molar refractivity (Wildman–Crippen MR) is 93.9 cm³/mol. The molecule has 0 aliphatic rings. The summed E-state index contributed by atoms with van der Waals surface area (Å²) < 4.78 is 44.2. The standard InChI is InChI=1S/C18H18F2N2O5/c1-24-13-4-6-14(7-5-13)26-11-17(23)22-21-10-12-3-8-15(27-18(19)20)16(9-12)25-2/h3-10,18H,11H2,1-2H3,(H,22,23)/b21-10-. The number of amides is 1. The average Bonchev–Trinajstić information content (AvgIpc) is 2.67. The molecule has 0 bridgehead atoms. The van der Waals surface area contributed by atoms with E-state index in [1.54, 1.807) is 31.4 Å². The summed E-state index contributed by atoms with van der Waals surface area (Å²) in [6, 6.07) is 11.0. The molecule has 0 aromatic heterocycles. The van der Waals surface area contributed by atoms with Crippen LogP contribution < -0.4 is 24.4 Å². The van der Waals surface area contributed by atoms with Crippen molar-refractivity contribution in [2.75, 3.05) is 20.8 Å². The fraction of sp³-hybridized carbons (Fsp3) is 0.222. The number of nitrogens with one attached hydrogen (secondary N) is 1. The van der Waals surface area contributed by atoms with Gasteiger partial charge in [0.25, 0.3) is 5.91 Å². The van der Waals surface area contributed by atoms with Gasteiger partial charge in [0.15, 0.2) is 18.1 Å². The Hall–Kier alpha value is -3.36. The molecule has 0 aliphatic heterocycles. The number of ether oxygens (including phenoxy) is 4. The molecule has 27 heavy (non-hydrogen) atoms. The highest BCUT2D eigenvalue weighted by Gasteiger charge is 2.10. The summed E-state index contributed by atoms with van der Waals surface area (Å²) in [5.74, 6) is 0.743. The lowest BCUT2D eigenvalue weighted by atomic mass is 10.2. The summed E-state index contributed by atoms with van der Waals surface area (Å²) in [5.41, 5.74) is 2.82. The van der Waals surface area contributed by atoms with E-state index in [9.17, 15) is 13.6 Å². The van der Waals surface area contributed by atoms with Gasteiger partial charge in [-0.15, -0.1) is 0 Å². The molecular weight excluding hydrogens is 362 g/mol. The van der Waals surface area contributed by atoms with Crippen LogP contribution in [0.15, 0.2) is 47.6 Å². The highest BCUT2D eigenvalue weighted by atomic mass is 19.3. The van der Waals surface area contributed by atoms with Crippen LogP contribution in [0.3, 0.4) is 0 Å². The van der Waals surface area contributed by atoms with Crippen LogP contribution in [0.2, 0.25) is 0 Å². The number of carbonyl (C=O) groups excluding carboxylic acids is 1. The van der Waals surface area contributed by atoms with Crippen molar-refractivity contribution in [3.05, 3.63) is 48.0 Å². The Kier molecular flexibility index (Phi) is 7.36. The zero-order valence-electron chi connectivity index (χ0n) is 14.6. The van der Waals surface area contributed by atoms with Gasteiger partial charge in [0.05, 0.1) is 20.4 Å². The molecule has 9 heteroatoms. The van der Waals surface area contributed by atoms with Crippen LogP contribution in [0, 0.1) is 0 Å². The second-order valence-electron chi connectivity index (χ2n) is 5.05. The predicted octanol–water partition coefficient (Wildman–Crippen LogP) is 2.83. The van der Waals surface area contributed by atoms with Crippen molar-refractivity contribution < 1.29 is 32.5 Å². The van der Waals surface area contributed by atoms with Gasteiger partial charge in [-0.25, -0.2) is 5.43 Å². The molecule has 0 unspecified atom stereocenters. The molecular formula is C18H18F2N2O5. The van der Waals surface area contributed by atoms with Crippen LogP contribution in [-0.2, 0) is 4.79 Å². The van der Waals surface area contributed by atoms with Gasteiger partial charge in [-0.05, 0) is 48.0 Å². The Morgan fingerprint density at radius 1 is 1.07 bits per heavy atom. The average molecular weight is 380 g/mol. The summed E-state index contributed by atoms with van der Waals surface area (Å²) in [5, 5.41) is 3.78. The molecule has 2 aromatic carbocycles. The third kappa shape index (κ3) is 6.46. The van der Waals surface area contributed by atoms with Crippen LogP contribution in [0.4, 0.5) is 8.78 Å². The molecule has 1 amide bonds. The Labute approximate surface area is 154 Å². The van der Waals surface area contributed by atoms with Gasteiger partial charge in [0.2, 0.25) is 0 Å². The Morgan fingerprint density at radius 3 is 2.41 bits per heavy atom. The summed E-state index contributed by atoms with van der Waals surface area (Å²) in [7, 11) is 2.88. The summed E-state index contributed by atoms with van der Waals surface area (Å²) in [6.07, 6.45) is 1.33. The molecule has 0 radical (unpaired) electrons. The molecule has 2 aromatic rings. The minimum absolute atomic E-state index is 0.0958. The number of carbonyl (C=O) groups is 1. The Bertz CT molecular complexity index is 782. The van der Waals surface area contributed by atoms with Gasteiger partial charge in [0, 0.05) is 0 Å². The molecule has 0 heterocycles. The first-order valence-electron chi connectivity index (χ1n) is 7.73. The molecule has 0 saturated carbocycles. The monoisotopic (exact) mass is 380 g/mol. The maximum absolute atomic E-state index is 12.3. The topological polar surface area (TPSA) is 78.4 Å². The van der Waals surface area contributed by atoms with Gasteiger partial charge in [0.1, 0.15) is 11.5 Å². The van der Waals surface area contributed by atoms with Crippen molar-refractivity contribution >= 4 is 12.1 Å². The number of benzene rings is 2. The van der Waals surface area contributed by atoms with Crippen molar-refractivity contribution in [2.45, 2.75) is 6.61 Å². The van der Waals surface area contributed by atoms with E-state index in [2.05, 4.69) is 15.3 Å². The van der Waals surface area contributed by atoms with E-state index in [0.717, 1.165) is 0 Å². The van der Waals surface area contributed by atoms with Crippen LogP contribution in [0.5, 0.6) is 23.0 Å². The number of hydrogen-bond donors (Lipinski definition) is 1.